The molecule has 2 aliphatic rings. The number of benzene rings is 1. The topological polar surface area (TPSA) is 98.5 Å². The van der Waals surface area contributed by atoms with Gasteiger partial charge in [-0.1, -0.05) is 44.2 Å². The Hall–Kier alpha value is -2.94. The molecular formula is C24H27N5. The van der Waals surface area contributed by atoms with Crippen molar-refractivity contribution in [2.45, 2.75) is 45.6 Å². The Bertz CT molecular complexity index is 935. The molecule has 1 saturated carbocycles. The molecular weight excluding hydrogens is 358 g/mol. The van der Waals surface area contributed by atoms with Crippen LogP contribution in [0, 0.1) is 56.7 Å². The largest absolute Gasteiger partial charge is 0.305 e. The fourth-order valence-electron chi connectivity index (χ4n) is 4.72. The van der Waals surface area contributed by atoms with Crippen molar-refractivity contribution in [3.8, 4) is 18.2 Å². The number of nitriles is 3. The first-order valence-corrected chi connectivity index (χ1v) is 10.2. The van der Waals surface area contributed by atoms with E-state index in [-0.39, 0.29) is 11.6 Å². The van der Waals surface area contributed by atoms with E-state index in [9.17, 15) is 15.8 Å². The molecule has 3 rings (SSSR count). The zero-order valence-electron chi connectivity index (χ0n) is 17.5. The van der Waals surface area contributed by atoms with E-state index < -0.39 is 17.3 Å². The lowest BCUT2D eigenvalue weighted by Gasteiger charge is -2.48. The zero-order valence-corrected chi connectivity index (χ0v) is 17.5. The van der Waals surface area contributed by atoms with Crippen molar-refractivity contribution >= 4 is 5.71 Å². The minimum absolute atomic E-state index is 0.0802. The highest BCUT2D eigenvalue weighted by Crippen LogP contribution is 2.53. The Morgan fingerprint density at radius 1 is 1.07 bits per heavy atom. The molecule has 0 radical (unpaired) electrons. The molecule has 5 heteroatoms. The highest BCUT2D eigenvalue weighted by atomic mass is 15.2. The molecule has 0 spiro atoms. The molecule has 0 amide bonds. The van der Waals surface area contributed by atoms with E-state index in [1.165, 1.54) is 5.56 Å². The molecule has 1 aliphatic carbocycles. The van der Waals surface area contributed by atoms with Crippen LogP contribution in [0.4, 0.5) is 0 Å². The van der Waals surface area contributed by atoms with Crippen LogP contribution in [0.15, 0.2) is 35.9 Å². The van der Waals surface area contributed by atoms with Crippen molar-refractivity contribution in [1.29, 1.82) is 21.2 Å². The molecule has 5 nitrogen and oxygen atoms in total. The summed E-state index contributed by atoms with van der Waals surface area (Å²) in [7, 11) is 0. The van der Waals surface area contributed by atoms with Gasteiger partial charge in [-0.15, -0.1) is 0 Å². The van der Waals surface area contributed by atoms with E-state index >= 15 is 0 Å². The number of fused-ring (bicyclic) bond motifs is 1. The molecule has 3 atom stereocenters. The minimum atomic E-state index is -1.64. The maximum absolute atomic E-state index is 10.1. The summed E-state index contributed by atoms with van der Waals surface area (Å²) < 4.78 is 0. The lowest BCUT2D eigenvalue weighted by Crippen LogP contribution is -2.53. The van der Waals surface area contributed by atoms with Gasteiger partial charge in [-0.3, -0.25) is 4.90 Å². The number of hydrogen-bond acceptors (Lipinski definition) is 5. The molecule has 1 heterocycles. The van der Waals surface area contributed by atoms with Crippen LogP contribution >= 0.6 is 0 Å². The Labute approximate surface area is 173 Å². The third kappa shape index (κ3) is 3.25. The van der Waals surface area contributed by atoms with Crippen LogP contribution in [-0.4, -0.2) is 29.7 Å². The normalized spacial score (nSPS) is 26.2. The van der Waals surface area contributed by atoms with Crippen LogP contribution in [0.25, 0.3) is 0 Å². The molecule has 1 aliphatic heterocycles. The smallest absolute Gasteiger partial charge is 0.189 e. The van der Waals surface area contributed by atoms with Crippen LogP contribution in [0.5, 0.6) is 0 Å². The summed E-state index contributed by atoms with van der Waals surface area (Å²) in [5.41, 5.74) is 1.26. The van der Waals surface area contributed by atoms with E-state index in [1.54, 1.807) is 0 Å². The van der Waals surface area contributed by atoms with Gasteiger partial charge >= 0.3 is 0 Å². The quantitative estimate of drug-likeness (QED) is 0.781. The fourth-order valence-corrected chi connectivity index (χ4v) is 4.72. The molecule has 0 saturated heterocycles. The highest BCUT2D eigenvalue weighted by molar-refractivity contribution is 6.00. The van der Waals surface area contributed by atoms with Gasteiger partial charge in [-0.05, 0) is 36.5 Å². The molecule has 0 bridgehead atoms. The number of nitrogens with zero attached hydrogens (tertiary/aromatic N) is 4. The van der Waals surface area contributed by atoms with Gasteiger partial charge in [0.2, 0.25) is 0 Å². The Balaban J connectivity index is 2.20. The summed E-state index contributed by atoms with van der Waals surface area (Å²) in [6, 6.07) is 14.9. The number of hydrogen-bond donors (Lipinski definition) is 1. The van der Waals surface area contributed by atoms with E-state index in [0.29, 0.717) is 18.5 Å². The van der Waals surface area contributed by atoms with Gasteiger partial charge < -0.3 is 5.41 Å². The third-order valence-corrected chi connectivity index (χ3v) is 6.51. The van der Waals surface area contributed by atoms with Crippen molar-refractivity contribution in [1.82, 2.24) is 4.90 Å². The summed E-state index contributed by atoms with van der Waals surface area (Å²) in [6.45, 7) is 9.90. The average Bonchev–Trinajstić information content (AvgIpc) is 2.72. The molecule has 1 aromatic carbocycles. The summed E-state index contributed by atoms with van der Waals surface area (Å²) >= 11 is 0. The van der Waals surface area contributed by atoms with Crippen molar-refractivity contribution in [3.63, 3.8) is 0 Å². The summed E-state index contributed by atoms with van der Waals surface area (Å²) in [6.07, 6.45) is 2.05. The second-order valence-corrected chi connectivity index (χ2v) is 8.66. The van der Waals surface area contributed by atoms with Gasteiger partial charge in [0.1, 0.15) is 5.92 Å². The van der Waals surface area contributed by atoms with Crippen LogP contribution in [0.2, 0.25) is 0 Å². The van der Waals surface area contributed by atoms with Gasteiger partial charge in [0.15, 0.2) is 5.41 Å². The first kappa shape index (κ1) is 20.8. The van der Waals surface area contributed by atoms with Gasteiger partial charge in [-0.25, -0.2) is 0 Å². The van der Waals surface area contributed by atoms with Crippen molar-refractivity contribution in [2.75, 3.05) is 13.1 Å². The third-order valence-electron chi connectivity index (χ3n) is 6.51. The number of nitrogens with one attached hydrogen (secondary N) is 1. The monoisotopic (exact) mass is 385 g/mol. The molecule has 0 unspecified atom stereocenters. The second kappa shape index (κ2) is 7.82. The van der Waals surface area contributed by atoms with Crippen LogP contribution in [0.3, 0.4) is 0 Å². The lowest BCUT2D eigenvalue weighted by atomic mass is 9.54. The molecule has 29 heavy (non-hydrogen) atoms. The van der Waals surface area contributed by atoms with Gasteiger partial charge in [0.05, 0.1) is 23.9 Å². The zero-order chi connectivity index (χ0) is 21.3. The Morgan fingerprint density at radius 2 is 1.69 bits per heavy atom. The maximum atomic E-state index is 10.1. The fraction of sp³-hybridized carbons (Fsp3) is 0.500. The van der Waals surface area contributed by atoms with Gasteiger partial charge in [0.25, 0.3) is 0 Å². The molecule has 1 N–H and O–H groups in total. The Kier molecular flexibility index (Phi) is 5.61. The van der Waals surface area contributed by atoms with Crippen LogP contribution < -0.4 is 0 Å². The molecule has 0 aromatic heterocycles. The van der Waals surface area contributed by atoms with Crippen molar-refractivity contribution < 1.29 is 0 Å². The maximum Gasteiger partial charge on any atom is 0.189 e. The molecule has 1 fully saturated rings. The van der Waals surface area contributed by atoms with E-state index in [2.05, 4.69) is 50.8 Å². The minimum Gasteiger partial charge on any atom is -0.305 e. The molecule has 148 valence electrons. The predicted octanol–water partition coefficient (Wildman–Crippen LogP) is 4.37. The standard InChI is InChI=1S/C24H27N5/c1-15(2)17-5-7-18(8-6-17)22-21-12-29(16(3)4)10-9-19(21)20(11-25)23(28)24(22,13-26)14-27/h5-9,15-16,20-22,28H,10,12H2,1-4H3/t20-,21-,22+/m1/s1. The van der Waals surface area contributed by atoms with Gasteiger partial charge in [-0.2, -0.15) is 15.8 Å². The average molecular weight is 386 g/mol. The van der Waals surface area contributed by atoms with Gasteiger partial charge in [0, 0.05) is 31.0 Å². The first-order chi connectivity index (χ1) is 13.8. The van der Waals surface area contributed by atoms with E-state index in [4.69, 9.17) is 5.41 Å². The Morgan fingerprint density at radius 3 is 2.17 bits per heavy atom. The SMILES string of the molecule is CC(C)c1ccc([C@H]2[C@@H]3CN(C(C)C)CC=C3[C@@H](C#N)C(=N)C2(C#N)C#N)cc1. The lowest BCUT2D eigenvalue weighted by molar-refractivity contribution is 0.171. The molecule has 1 aromatic rings. The number of rotatable bonds is 3. The van der Waals surface area contributed by atoms with Crippen molar-refractivity contribution in [3.05, 3.63) is 47.0 Å². The first-order valence-electron chi connectivity index (χ1n) is 10.2. The summed E-state index contributed by atoms with van der Waals surface area (Å²) in [4.78, 5) is 2.30. The second-order valence-electron chi connectivity index (χ2n) is 8.66. The van der Waals surface area contributed by atoms with Crippen LogP contribution in [0.1, 0.15) is 50.7 Å². The highest BCUT2D eigenvalue weighted by Gasteiger charge is 2.57. The van der Waals surface area contributed by atoms with Crippen molar-refractivity contribution in [2.24, 2.45) is 17.3 Å². The van der Waals surface area contributed by atoms with E-state index in [1.807, 2.05) is 30.3 Å². The van der Waals surface area contributed by atoms with E-state index in [0.717, 1.165) is 17.7 Å². The van der Waals surface area contributed by atoms with Crippen LogP contribution in [-0.2, 0) is 0 Å². The summed E-state index contributed by atoms with van der Waals surface area (Å²) in [5.74, 6) is -1.03. The predicted molar refractivity (Wildman–Crippen MR) is 112 cm³/mol. The summed E-state index contributed by atoms with van der Waals surface area (Å²) in [5, 5.41) is 38.7.